The van der Waals surface area contributed by atoms with Crippen LogP contribution in [0.25, 0.3) is 0 Å². The fraction of sp³-hybridized carbons (Fsp3) is 0.500. The molecule has 1 unspecified atom stereocenters. The van der Waals surface area contributed by atoms with E-state index in [1.165, 1.54) is 14.0 Å². The SMILES string of the molecule is C.COC(=O)C(Cc1ccc(CC(=O)C(C)=O)cc1)NC(=O)OC(C)(C)C. The van der Waals surface area contributed by atoms with E-state index in [2.05, 4.69) is 5.32 Å². The molecule has 1 aromatic carbocycles. The summed E-state index contributed by atoms with van der Waals surface area (Å²) >= 11 is 0. The summed E-state index contributed by atoms with van der Waals surface area (Å²) in [6.45, 7) is 6.41. The van der Waals surface area contributed by atoms with Gasteiger partial charge in [0.2, 0.25) is 5.78 Å². The van der Waals surface area contributed by atoms with Gasteiger partial charge in [-0.05, 0) is 31.9 Å². The number of Topliss-reactive ketones (excluding diaryl/α,β-unsaturated/α-hetero) is 2. The van der Waals surface area contributed by atoms with E-state index >= 15 is 0 Å². The van der Waals surface area contributed by atoms with Crippen LogP contribution in [0.1, 0.15) is 46.2 Å². The van der Waals surface area contributed by atoms with Crippen molar-refractivity contribution in [1.29, 1.82) is 0 Å². The van der Waals surface area contributed by atoms with Gasteiger partial charge in [0.05, 0.1) is 7.11 Å². The number of benzene rings is 1. The van der Waals surface area contributed by atoms with Crippen LogP contribution in [0, 0.1) is 0 Å². The van der Waals surface area contributed by atoms with Crippen LogP contribution in [0.15, 0.2) is 24.3 Å². The molecule has 0 aliphatic carbocycles. The van der Waals surface area contributed by atoms with Crippen LogP contribution in [0.3, 0.4) is 0 Å². The molecule has 0 aliphatic rings. The van der Waals surface area contributed by atoms with Gasteiger partial charge in [-0.1, -0.05) is 31.7 Å². The normalized spacial score (nSPS) is 11.6. The molecule has 0 saturated carbocycles. The van der Waals surface area contributed by atoms with Crippen molar-refractivity contribution >= 4 is 23.6 Å². The number of rotatable bonds is 7. The van der Waals surface area contributed by atoms with Crippen LogP contribution >= 0.6 is 0 Å². The molecule has 27 heavy (non-hydrogen) atoms. The molecule has 0 aliphatic heterocycles. The highest BCUT2D eigenvalue weighted by atomic mass is 16.6. The molecular formula is C20H29NO6. The smallest absolute Gasteiger partial charge is 0.408 e. The molecule has 7 nitrogen and oxygen atoms in total. The lowest BCUT2D eigenvalue weighted by Crippen LogP contribution is -2.45. The fourth-order valence-electron chi connectivity index (χ4n) is 2.12. The lowest BCUT2D eigenvalue weighted by atomic mass is 10.0. The predicted molar refractivity (Wildman–Crippen MR) is 101 cm³/mol. The first-order valence-electron chi connectivity index (χ1n) is 8.20. The van der Waals surface area contributed by atoms with Crippen molar-refractivity contribution in [3.05, 3.63) is 35.4 Å². The third kappa shape index (κ3) is 8.99. The summed E-state index contributed by atoms with van der Waals surface area (Å²) in [7, 11) is 1.24. The van der Waals surface area contributed by atoms with Gasteiger partial charge in [0.25, 0.3) is 0 Å². The van der Waals surface area contributed by atoms with E-state index in [9.17, 15) is 19.2 Å². The van der Waals surface area contributed by atoms with Crippen LogP contribution in [0.2, 0.25) is 0 Å². The van der Waals surface area contributed by atoms with Crippen LogP contribution in [0.5, 0.6) is 0 Å². The summed E-state index contributed by atoms with van der Waals surface area (Å²) in [4.78, 5) is 46.3. The number of hydrogen-bond acceptors (Lipinski definition) is 6. The van der Waals surface area contributed by atoms with E-state index in [0.29, 0.717) is 5.56 Å². The third-order valence-corrected chi connectivity index (χ3v) is 3.40. The number of methoxy groups -OCH3 is 1. The number of nitrogens with one attached hydrogen (secondary N) is 1. The predicted octanol–water partition coefficient (Wildman–Crippen LogP) is 2.63. The number of esters is 1. The van der Waals surface area contributed by atoms with Crippen molar-refractivity contribution < 1.29 is 28.7 Å². The molecule has 0 spiro atoms. The Balaban J connectivity index is 0.00000676. The molecule has 1 aromatic rings. The standard InChI is InChI=1S/C19H25NO6.CH4/c1-12(21)16(22)11-14-8-6-13(7-9-14)10-15(17(23)25-5)20-18(24)26-19(2,3)4;/h6-9,15H,10-11H2,1-5H3,(H,20,24);1H4. The molecular weight excluding hydrogens is 350 g/mol. The van der Waals surface area contributed by atoms with E-state index in [1.807, 2.05) is 0 Å². The minimum atomic E-state index is -0.903. The Kier molecular flexibility index (Phi) is 9.40. The minimum absolute atomic E-state index is 0. The van der Waals surface area contributed by atoms with E-state index in [1.54, 1.807) is 45.0 Å². The molecule has 150 valence electrons. The largest absolute Gasteiger partial charge is 0.467 e. The molecule has 1 amide bonds. The number of ketones is 2. The highest BCUT2D eigenvalue weighted by Crippen LogP contribution is 2.11. The Hall–Kier alpha value is -2.70. The Labute approximate surface area is 160 Å². The molecule has 0 aromatic heterocycles. The number of carbonyl (C=O) groups is 4. The molecule has 0 fully saturated rings. The van der Waals surface area contributed by atoms with Crippen LogP contribution in [-0.4, -0.2) is 42.4 Å². The highest BCUT2D eigenvalue weighted by Gasteiger charge is 2.25. The number of hydrogen-bond donors (Lipinski definition) is 1. The summed E-state index contributed by atoms with van der Waals surface area (Å²) in [6, 6.07) is 5.97. The van der Waals surface area contributed by atoms with Crippen molar-refractivity contribution in [3.8, 4) is 0 Å². The second kappa shape index (κ2) is 10.4. The summed E-state index contributed by atoms with van der Waals surface area (Å²) in [6.07, 6.45) is -0.476. The summed E-state index contributed by atoms with van der Waals surface area (Å²) in [5.74, 6) is -1.54. The number of ether oxygens (including phenoxy) is 2. The molecule has 1 atom stereocenters. The lowest BCUT2D eigenvalue weighted by molar-refractivity contribution is -0.143. The van der Waals surface area contributed by atoms with E-state index in [-0.39, 0.29) is 20.3 Å². The van der Waals surface area contributed by atoms with Gasteiger partial charge in [-0.2, -0.15) is 0 Å². The monoisotopic (exact) mass is 379 g/mol. The fourth-order valence-corrected chi connectivity index (χ4v) is 2.12. The van der Waals surface area contributed by atoms with Crippen LogP contribution < -0.4 is 5.32 Å². The molecule has 0 bridgehead atoms. The molecule has 0 radical (unpaired) electrons. The van der Waals surface area contributed by atoms with Gasteiger partial charge >= 0.3 is 12.1 Å². The van der Waals surface area contributed by atoms with E-state index < -0.39 is 35.3 Å². The Morgan fingerprint density at radius 2 is 1.56 bits per heavy atom. The van der Waals surface area contributed by atoms with Crippen molar-refractivity contribution in [2.75, 3.05) is 7.11 Å². The van der Waals surface area contributed by atoms with E-state index in [0.717, 1.165) is 5.56 Å². The van der Waals surface area contributed by atoms with Gasteiger partial charge in [-0.15, -0.1) is 0 Å². The maximum atomic E-state index is 11.9. The number of alkyl carbamates (subject to hydrolysis) is 1. The van der Waals surface area contributed by atoms with Crippen molar-refractivity contribution in [3.63, 3.8) is 0 Å². The van der Waals surface area contributed by atoms with Gasteiger partial charge < -0.3 is 14.8 Å². The molecule has 1 N–H and O–H groups in total. The number of carbonyl (C=O) groups excluding carboxylic acids is 4. The van der Waals surface area contributed by atoms with Crippen molar-refractivity contribution in [2.24, 2.45) is 0 Å². The van der Waals surface area contributed by atoms with E-state index in [4.69, 9.17) is 9.47 Å². The first-order valence-corrected chi connectivity index (χ1v) is 8.20. The van der Waals surface area contributed by atoms with Gasteiger partial charge in [-0.25, -0.2) is 9.59 Å². The molecule has 7 heteroatoms. The Morgan fingerprint density at radius 3 is 2.00 bits per heavy atom. The third-order valence-electron chi connectivity index (χ3n) is 3.40. The average molecular weight is 379 g/mol. The second-order valence-electron chi connectivity index (χ2n) is 6.90. The Bertz CT molecular complexity index is 673. The summed E-state index contributed by atoms with van der Waals surface area (Å²) in [5.41, 5.74) is 0.773. The summed E-state index contributed by atoms with van der Waals surface area (Å²) < 4.78 is 9.89. The zero-order chi connectivity index (χ0) is 19.9. The topological polar surface area (TPSA) is 98.8 Å². The maximum absolute atomic E-state index is 11.9. The lowest BCUT2D eigenvalue weighted by Gasteiger charge is -2.22. The quantitative estimate of drug-likeness (QED) is 0.578. The number of amides is 1. The first kappa shape index (κ1) is 24.3. The molecule has 0 heterocycles. The van der Waals surface area contributed by atoms with Crippen molar-refractivity contribution in [2.45, 2.75) is 59.6 Å². The van der Waals surface area contributed by atoms with Gasteiger partial charge in [0, 0.05) is 19.8 Å². The first-order chi connectivity index (χ1) is 12.0. The van der Waals surface area contributed by atoms with Crippen molar-refractivity contribution in [1.82, 2.24) is 5.32 Å². The van der Waals surface area contributed by atoms with Gasteiger partial charge in [0.15, 0.2) is 5.78 Å². The zero-order valence-electron chi connectivity index (χ0n) is 15.8. The van der Waals surface area contributed by atoms with Crippen LogP contribution in [-0.2, 0) is 36.7 Å². The van der Waals surface area contributed by atoms with Gasteiger partial charge in [0.1, 0.15) is 11.6 Å². The second-order valence-corrected chi connectivity index (χ2v) is 6.90. The minimum Gasteiger partial charge on any atom is -0.467 e. The Morgan fingerprint density at radius 1 is 1.04 bits per heavy atom. The summed E-state index contributed by atoms with van der Waals surface area (Å²) in [5, 5.41) is 2.50. The van der Waals surface area contributed by atoms with Gasteiger partial charge in [-0.3, -0.25) is 9.59 Å². The maximum Gasteiger partial charge on any atom is 0.408 e. The molecule has 1 rings (SSSR count). The molecule has 0 saturated heterocycles. The highest BCUT2D eigenvalue weighted by molar-refractivity contribution is 6.36. The average Bonchev–Trinajstić information content (AvgIpc) is 2.53. The van der Waals surface area contributed by atoms with Crippen LogP contribution in [0.4, 0.5) is 4.79 Å². The zero-order valence-corrected chi connectivity index (χ0v) is 15.8.